The van der Waals surface area contributed by atoms with Gasteiger partial charge in [-0.3, -0.25) is 19.2 Å². The van der Waals surface area contributed by atoms with Gasteiger partial charge in [-0.05, 0) is 26.2 Å². The van der Waals surface area contributed by atoms with Gasteiger partial charge in [0, 0.05) is 6.42 Å². The van der Waals surface area contributed by atoms with Crippen molar-refractivity contribution in [2.24, 2.45) is 10.9 Å². The van der Waals surface area contributed by atoms with Crippen LogP contribution in [0.15, 0.2) is 4.99 Å². The van der Waals surface area contributed by atoms with Gasteiger partial charge in [0.1, 0.15) is 6.04 Å². The lowest BCUT2D eigenvalue weighted by atomic mass is 9.99. The Hall–Kier alpha value is -2.05. The Morgan fingerprint density at radius 2 is 1.96 bits per heavy atom. The van der Waals surface area contributed by atoms with Gasteiger partial charge in [-0.15, -0.1) is 4.99 Å². The van der Waals surface area contributed by atoms with E-state index in [9.17, 15) is 19.2 Å². The minimum Gasteiger partial charge on any atom is -0.343 e. The predicted molar refractivity (Wildman–Crippen MR) is 89.9 cm³/mol. The van der Waals surface area contributed by atoms with Crippen molar-refractivity contribution >= 4 is 23.8 Å². The summed E-state index contributed by atoms with van der Waals surface area (Å²) in [6.07, 6.45) is 5.66. The molecule has 140 valence electrons. The molecule has 0 spiro atoms. The quantitative estimate of drug-likeness (QED) is 0.262. The van der Waals surface area contributed by atoms with Gasteiger partial charge in [0.15, 0.2) is 0 Å². The molecule has 0 heterocycles. The summed E-state index contributed by atoms with van der Waals surface area (Å²) in [4.78, 5) is 55.6. The lowest BCUT2D eigenvalue weighted by Crippen LogP contribution is -2.51. The van der Waals surface area contributed by atoms with Gasteiger partial charge in [-0.1, -0.05) is 26.7 Å². The molecule has 1 fully saturated rings. The third-order valence-corrected chi connectivity index (χ3v) is 4.00. The van der Waals surface area contributed by atoms with Gasteiger partial charge in [-0.2, -0.15) is 0 Å². The Kier molecular flexibility index (Phi) is 9.02. The van der Waals surface area contributed by atoms with Crippen LogP contribution in [0.4, 0.5) is 0 Å². The van der Waals surface area contributed by atoms with Gasteiger partial charge >= 0.3 is 0 Å². The minimum atomic E-state index is -1.20. The maximum atomic E-state index is 12.7. The molecule has 8 heteroatoms. The molecule has 0 aliphatic heterocycles. The molecule has 0 bridgehead atoms. The van der Waals surface area contributed by atoms with E-state index in [1.807, 2.05) is 6.92 Å². The number of hydroxylamine groups is 2. The van der Waals surface area contributed by atoms with E-state index in [-0.39, 0.29) is 18.4 Å². The molecule has 0 radical (unpaired) electrons. The smallest absolute Gasteiger partial charge is 0.279 e. The topological polar surface area (TPSA) is 105 Å². The summed E-state index contributed by atoms with van der Waals surface area (Å²) >= 11 is 0. The van der Waals surface area contributed by atoms with Crippen LogP contribution in [0.5, 0.6) is 0 Å². The number of rotatable bonds is 11. The van der Waals surface area contributed by atoms with Crippen molar-refractivity contribution in [1.82, 2.24) is 10.4 Å². The molecule has 0 saturated heterocycles. The SMILES string of the molecule is CCCCCC(=O)NC(C(=O)N=C=O)C(C)C(=O)N(OCC)C1CC1. The lowest BCUT2D eigenvalue weighted by Gasteiger charge is -2.27. The molecule has 0 aromatic carbocycles. The number of carbonyl (C=O) groups is 3. The van der Waals surface area contributed by atoms with E-state index >= 15 is 0 Å². The van der Waals surface area contributed by atoms with E-state index in [0.29, 0.717) is 13.0 Å². The average Bonchev–Trinajstić information content (AvgIpc) is 3.41. The molecule has 1 aliphatic carbocycles. The van der Waals surface area contributed by atoms with Crippen molar-refractivity contribution in [1.29, 1.82) is 0 Å². The third kappa shape index (κ3) is 6.76. The van der Waals surface area contributed by atoms with Crippen LogP contribution in [0.2, 0.25) is 0 Å². The van der Waals surface area contributed by atoms with Crippen LogP contribution in [-0.2, 0) is 24.0 Å². The second kappa shape index (κ2) is 10.7. The number of amides is 3. The Morgan fingerprint density at radius 1 is 1.28 bits per heavy atom. The van der Waals surface area contributed by atoms with Crippen LogP contribution in [0, 0.1) is 5.92 Å². The third-order valence-electron chi connectivity index (χ3n) is 4.00. The molecule has 1 N–H and O–H groups in total. The van der Waals surface area contributed by atoms with Gasteiger partial charge in [0.25, 0.3) is 11.8 Å². The molecular weight excluding hydrogens is 326 g/mol. The van der Waals surface area contributed by atoms with E-state index in [1.165, 1.54) is 18.1 Å². The maximum Gasteiger partial charge on any atom is 0.279 e. The number of hydrogen-bond donors (Lipinski definition) is 1. The fraction of sp³-hybridized carbons (Fsp3) is 0.765. The Morgan fingerprint density at radius 3 is 2.48 bits per heavy atom. The van der Waals surface area contributed by atoms with Crippen molar-refractivity contribution in [2.75, 3.05) is 6.61 Å². The van der Waals surface area contributed by atoms with Crippen LogP contribution < -0.4 is 5.32 Å². The molecule has 1 saturated carbocycles. The summed E-state index contributed by atoms with van der Waals surface area (Å²) < 4.78 is 0. The first-order valence-electron chi connectivity index (χ1n) is 8.83. The standard InChI is InChI=1S/C17H27N3O5/c1-4-6-7-8-14(22)19-15(16(23)18-11-21)12(3)17(24)20(25-5-2)13-9-10-13/h12-13,15H,4-10H2,1-3H3,(H,19,22). The average molecular weight is 353 g/mol. The van der Waals surface area contributed by atoms with Crippen LogP contribution in [-0.4, -0.2) is 47.6 Å². The maximum absolute atomic E-state index is 12.7. The van der Waals surface area contributed by atoms with Crippen molar-refractivity contribution < 1.29 is 24.0 Å². The zero-order valence-corrected chi connectivity index (χ0v) is 15.1. The summed E-state index contributed by atoms with van der Waals surface area (Å²) in [5.41, 5.74) is 0. The number of carbonyl (C=O) groups excluding carboxylic acids is 4. The van der Waals surface area contributed by atoms with E-state index < -0.39 is 23.8 Å². The predicted octanol–water partition coefficient (Wildman–Crippen LogP) is 1.49. The van der Waals surface area contributed by atoms with Crippen molar-refractivity contribution in [2.45, 2.75) is 71.4 Å². The van der Waals surface area contributed by atoms with Gasteiger partial charge < -0.3 is 5.32 Å². The van der Waals surface area contributed by atoms with Crippen molar-refractivity contribution in [3.8, 4) is 0 Å². The molecule has 2 atom stereocenters. The summed E-state index contributed by atoms with van der Waals surface area (Å²) in [5.74, 6) is -2.53. The number of hydrogen-bond acceptors (Lipinski definition) is 5. The molecule has 3 amide bonds. The van der Waals surface area contributed by atoms with Gasteiger partial charge in [0.05, 0.1) is 18.6 Å². The van der Waals surface area contributed by atoms with Crippen molar-refractivity contribution in [3.63, 3.8) is 0 Å². The molecule has 0 aromatic rings. The highest BCUT2D eigenvalue weighted by molar-refractivity contribution is 5.95. The van der Waals surface area contributed by atoms with Crippen LogP contribution in [0.25, 0.3) is 0 Å². The molecule has 1 rings (SSSR count). The number of nitrogens with zero attached hydrogens (tertiary/aromatic N) is 2. The van der Waals surface area contributed by atoms with E-state index in [1.54, 1.807) is 6.92 Å². The largest absolute Gasteiger partial charge is 0.343 e. The first-order chi connectivity index (χ1) is 12.0. The fourth-order valence-electron chi connectivity index (χ4n) is 2.44. The Balaban J connectivity index is 2.82. The number of unbranched alkanes of at least 4 members (excludes halogenated alkanes) is 2. The molecule has 0 aromatic heterocycles. The van der Waals surface area contributed by atoms with E-state index in [0.717, 1.165) is 25.7 Å². The number of nitrogens with one attached hydrogen (secondary N) is 1. The molecular formula is C17H27N3O5. The molecule has 25 heavy (non-hydrogen) atoms. The lowest BCUT2D eigenvalue weighted by molar-refractivity contribution is -0.193. The van der Waals surface area contributed by atoms with E-state index in [4.69, 9.17) is 4.84 Å². The highest BCUT2D eigenvalue weighted by Crippen LogP contribution is 2.29. The van der Waals surface area contributed by atoms with Crippen LogP contribution in [0.1, 0.15) is 59.3 Å². The second-order valence-corrected chi connectivity index (χ2v) is 6.15. The summed E-state index contributed by atoms with van der Waals surface area (Å²) in [5, 5.41) is 3.81. The summed E-state index contributed by atoms with van der Waals surface area (Å²) in [6.45, 7) is 5.63. The van der Waals surface area contributed by atoms with E-state index in [2.05, 4.69) is 10.3 Å². The monoisotopic (exact) mass is 353 g/mol. The first kappa shape index (κ1) is 21.0. The van der Waals surface area contributed by atoms with Gasteiger partial charge in [-0.25, -0.2) is 9.86 Å². The molecule has 2 unspecified atom stereocenters. The highest BCUT2D eigenvalue weighted by atomic mass is 16.7. The molecule has 8 nitrogen and oxygen atoms in total. The van der Waals surface area contributed by atoms with Crippen LogP contribution >= 0.6 is 0 Å². The van der Waals surface area contributed by atoms with Crippen molar-refractivity contribution in [3.05, 3.63) is 0 Å². The summed E-state index contributed by atoms with van der Waals surface area (Å²) in [7, 11) is 0. The highest BCUT2D eigenvalue weighted by Gasteiger charge is 2.40. The fourth-order valence-corrected chi connectivity index (χ4v) is 2.44. The zero-order chi connectivity index (χ0) is 18.8. The number of aliphatic imine (C=N–C) groups is 1. The normalized spacial score (nSPS) is 15.6. The number of isocyanates is 1. The Labute approximate surface area is 147 Å². The Bertz CT molecular complexity index is 526. The van der Waals surface area contributed by atoms with Crippen LogP contribution in [0.3, 0.4) is 0 Å². The minimum absolute atomic E-state index is 0.000444. The summed E-state index contributed by atoms with van der Waals surface area (Å²) in [6, 6.07) is -1.20. The second-order valence-electron chi connectivity index (χ2n) is 6.15. The van der Waals surface area contributed by atoms with Gasteiger partial charge in [0.2, 0.25) is 12.0 Å². The first-order valence-corrected chi connectivity index (χ1v) is 8.83. The molecule has 1 aliphatic rings. The zero-order valence-electron chi connectivity index (χ0n) is 15.1.